The molecule has 1 aromatic rings. The van der Waals surface area contributed by atoms with Crippen molar-refractivity contribution in [3.63, 3.8) is 0 Å². The fraction of sp³-hybridized carbons (Fsp3) is 0.462. The quantitative estimate of drug-likeness (QED) is 0.771. The number of hydrogen-bond donors (Lipinski definition) is 2. The van der Waals surface area contributed by atoms with Crippen LogP contribution in [0.3, 0.4) is 0 Å². The highest BCUT2D eigenvalue weighted by molar-refractivity contribution is 5.95. The third-order valence-electron chi connectivity index (χ3n) is 2.90. The number of carbonyl (C=O) groups is 1. The molecule has 0 aliphatic heterocycles. The minimum atomic E-state index is -0.419. The van der Waals surface area contributed by atoms with Crippen LogP contribution in [-0.4, -0.2) is 11.0 Å². The molecule has 0 saturated heterocycles. The van der Waals surface area contributed by atoms with Gasteiger partial charge in [-0.2, -0.15) is 0 Å². The number of rotatable bonds is 3. The Morgan fingerprint density at radius 1 is 1.44 bits per heavy atom. The molecule has 0 aliphatic rings. The van der Waals surface area contributed by atoms with E-state index >= 15 is 0 Å². The molecular formula is C13H19NO2. The van der Waals surface area contributed by atoms with Crippen LogP contribution in [0.25, 0.3) is 0 Å². The molecule has 3 nitrogen and oxygen atoms in total. The van der Waals surface area contributed by atoms with Crippen LogP contribution in [0.1, 0.15) is 32.8 Å². The zero-order valence-corrected chi connectivity index (χ0v) is 10.3. The second kappa shape index (κ2) is 4.56. The van der Waals surface area contributed by atoms with E-state index in [1.807, 2.05) is 33.8 Å². The van der Waals surface area contributed by atoms with E-state index in [0.29, 0.717) is 5.69 Å². The van der Waals surface area contributed by atoms with Crippen LogP contribution in [0.4, 0.5) is 5.69 Å². The number of hydrogen-bond acceptors (Lipinski definition) is 2. The van der Waals surface area contributed by atoms with Crippen molar-refractivity contribution in [1.82, 2.24) is 0 Å². The highest BCUT2D eigenvalue weighted by Crippen LogP contribution is 2.27. The Hall–Kier alpha value is -1.51. The van der Waals surface area contributed by atoms with E-state index in [-0.39, 0.29) is 11.7 Å². The number of benzene rings is 1. The molecule has 1 rings (SSSR count). The molecule has 2 N–H and O–H groups in total. The molecule has 0 bridgehead atoms. The Kier molecular flexibility index (Phi) is 3.58. The molecule has 16 heavy (non-hydrogen) atoms. The van der Waals surface area contributed by atoms with Gasteiger partial charge in [0, 0.05) is 5.41 Å². The van der Waals surface area contributed by atoms with Crippen LogP contribution < -0.4 is 5.32 Å². The van der Waals surface area contributed by atoms with Crippen LogP contribution in [-0.2, 0) is 4.79 Å². The number of carbonyl (C=O) groups excluding carboxylic acids is 1. The first-order valence-electron chi connectivity index (χ1n) is 5.48. The van der Waals surface area contributed by atoms with E-state index in [9.17, 15) is 9.90 Å². The lowest BCUT2D eigenvalue weighted by atomic mass is 9.89. The number of aryl methyl sites for hydroxylation is 1. The molecule has 0 aliphatic carbocycles. The summed E-state index contributed by atoms with van der Waals surface area (Å²) in [6.07, 6.45) is 0.755. The largest absolute Gasteiger partial charge is 0.506 e. The molecule has 0 saturated carbocycles. The Balaban J connectivity index is 2.85. The molecule has 0 aromatic heterocycles. The van der Waals surface area contributed by atoms with Gasteiger partial charge in [0.25, 0.3) is 0 Å². The van der Waals surface area contributed by atoms with E-state index in [4.69, 9.17) is 0 Å². The predicted octanol–water partition coefficient (Wildman–Crippen LogP) is 3.08. The average molecular weight is 221 g/mol. The number of aromatic hydroxyl groups is 1. The predicted molar refractivity (Wildman–Crippen MR) is 65.5 cm³/mol. The summed E-state index contributed by atoms with van der Waals surface area (Å²) >= 11 is 0. The average Bonchev–Trinajstić information content (AvgIpc) is 2.22. The van der Waals surface area contributed by atoms with Crippen LogP contribution in [0.15, 0.2) is 18.2 Å². The lowest BCUT2D eigenvalue weighted by Gasteiger charge is -2.21. The maximum atomic E-state index is 11.9. The number of anilines is 1. The lowest BCUT2D eigenvalue weighted by Crippen LogP contribution is -2.29. The number of amides is 1. The van der Waals surface area contributed by atoms with Gasteiger partial charge in [-0.15, -0.1) is 0 Å². The first-order chi connectivity index (χ1) is 7.36. The molecule has 1 amide bonds. The van der Waals surface area contributed by atoms with Gasteiger partial charge in [0.15, 0.2) is 0 Å². The summed E-state index contributed by atoms with van der Waals surface area (Å²) in [6.45, 7) is 7.62. The fourth-order valence-electron chi connectivity index (χ4n) is 1.20. The van der Waals surface area contributed by atoms with Gasteiger partial charge in [0.2, 0.25) is 5.91 Å². The monoisotopic (exact) mass is 221 g/mol. The third-order valence-corrected chi connectivity index (χ3v) is 2.90. The standard InChI is InChI=1S/C13H19NO2/c1-5-13(3,4)12(16)14-10-7-6-9(2)8-11(10)15/h6-8,15H,5H2,1-4H3,(H,14,16). The Labute approximate surface area is 96.5 Å². The van der Waals surface area contributed by atoms with Gasteiger partial charge in [0.05, 0.1) is 5.69 Å². The van der Waals surface area contributed by atoms with Crippen molar-refractivity contribution in [1.29, 1.82) is 0 Å². The number of phenolic OH excluding ortho intramolecular Hbond substituents is 1. The topological polar surface area (TPSA) is 49.3 Å². The molecule has 0 unspecified atom stereocenters. The molecule has 0 spiro atoms. The summed E-state index contributed by atoms with van der Waals surface area (Å²) in [6, 6.07) is 5.21. The zero-order valence-electron chi connectivity index (χ0n) is 10.3. The molecule has 1 aromatic carbocycles. The first-order valence-corrected chi connectivity index (χ1v) is 5.48. The van der Waals surface area contributed by atoms with Gasteiger partial charge >= 0.3 is 0 Å². The lowest BCUT2D eigenvalue weighted by molar-refractivity contribution is -0.124. The van der Waals surface area contributed by atoms with Crippen LogP contribution in [0, 0.1) is 12.3 Å². The SMILES string of the molecule is CCC(C)(C)C(=O)Nc1ccc(C)cc1O. The van der Waals surface area contributed by atoms with Gasteiger partial charge in [-0.1, -0.05) is 26.8 Å². The molecule has 0 heterocycles. The van der Waals surface area contributed by atoms with E-state index in [2.05, 4.69) is 5.32 Å². The van der Waals surface area contributed by atoms with Gasteiger partial charge in [-0.3, -0.25) is 4.79 Å². The van der Waals surface area contributed by atoms with Crippen molar-refractivity contribution >= 4 is 11.6 Å². The van der Waals surface area contributed by atoms with Gasteiger partial charge in [-0.25, -0.2) is 0 Å². The summed E-state index contributed by atoms with van der Waals surface area (Å²) in [4.78, 5) is 11.9. The summed E-state index contributed by atoms with van der Waals surface area (Å²) < 4.78 is 0. The van der Waals surface area contributed by atoms with Crippen molar-refractivity contribution in [3.8, 4) is 5.75 Å². The minimum Gasteiger partial charge on any atom is -0.506 e. The molecule has 0 fully saturated rings. The van der Waals surface area contributed by atoms with Crippen molar-refractivity contribution in [3.05, 3.63) is 23.8 Å². The van der Waals surface area contributed by atoms with E-state index < -0.39 is 5.41 Å². The van der Waals surface area contributed by atoms with Crippen molar-refractivity contribution in [2.45, 2.75) is 34.1 Å². The zero-order chi connectivity index (χ0) is 12.3. The maximum Gasteiger partial charge on any atom is 0.230 e. The summed E-state index contributed by atoms with van der Waals surface area (Å²) in [5.74, 6) is 0.0365. The molecular weight excluding hydrogens is 202 g/mol. The maximum absolute atomic E-state index is 11.9. The molecule has 0 radical (unpaired) electrons. The van der Waals surface area contributed by atoms with Gasteiger partial charge in [0.1, 0.15) is 5.75 Å². The molecule has 3 heteroatoms. The molecule has 88 valence electrons. The van der Waals surface area contributed by atoms with Crippen molar-refractivity contribution in [2.75, 3.05) is 5.32 Å². The minimum absolute atomic E-state index is 0.0749. The van der Waals surface area contributed by atoms with Crippen LogP contribution >= 0.6 is 0 Å². The second-order valence-electron chi connectivity index (χ2n) is 4.71. The molecule has 0 atom stereocenters. The number of phenols is 1. The Morgan fingerprint density at radius 2 is 2.06 bits per heavy atom. The summed E-state index contributed by atoms with van der Waals surface area (Å²) in [7, 11) is 0. The highest BCUT2D eigenvalue weighted by atomic mass is 16.3. The van der Waals surface area contributed by atoms with Gasteiger partial charge < -0.3 is 10.4 Å². The van der Waals surface area contributed by atoms with Crippen LogP contribution in [0.5, 0.6) is 5.75 Å². The Bertz CT molecular complexity index is 397. The van der Waals surface area contributed by atoms with E-state index in [1.54, 1.807) is 12.1 Å². The number of nitrogens with one attached hydrogen (secondary N) is 1. The second-order valence-corrected chi connectivity index (χ2v) is 4.71. The fourth-order valence-corrected chi connectivity index (χ4v) is 1.20. The van der Waals surface area contributed by atoms with Crippen molar-refractivity contribution < 1.29 is 9.90 Å². The van der Waals surface area contributed by atoms with Gasteiger partial charge in [-0.05, 0) is 31.0 Å². The van der Waals surface area contributed by atoms with E-state index in [0.717, 1.165) is 12.0 Å². The summed E-state index contributed by atoms with van der Waals surface area (Å²) in [5, 5.41) is 12.4. The first kappa shape index (κ1) is 12.6. The smallest absolute Gasteiger partial charge is 0.230 e. The van der Waals surface area contributed by atoms with Crippen LogP contribution in [0.2, 0.25) is 0 Å². The third kappa shape index (κ3) is 2.75. The van der Waals surface area contributed by atoms with E-state index in [1.165, 1.54) is 0 Å². The highest BCUT2D eigenvalue weighted by Gasteiger charge is 2.25. The normalized spacial score (nSPS) is 11.2. The Morgan fingerprint density at radius 3 is 2.56 bits per heavy atom. The van der Waals surface area contributed by atoms with Crippen molar-refractivity contribution in [2.24, 2.45) is 5.41 Å². The summed E-state index contributed by atoms with van der Waals surface area (Å²) in [5.41, 5.74) is 1.01.